The summed E-state index contributed by atoms with van der Waals surface area (Å²) in [6.07, 6.45) is 1.01. The lowest BCUT2D eigenvalue weighted by Gasteiger charge is -2.37. The summed E-state index contributed by atoms with van der Waals surface area (Å²) < 4.78 is 13.8. The standard InChI is InChI=1S/C15H19FN2OS/c16-13-3-1-2-4-14(13)17-6-8-18(9-7-17)15(19)12-5-10-20-11-12/h1-4,12H,5-11H2. The van der Waals surface area contributed by atoms with Gasteiger partial charge in [0.15, 0.2) is 0 Å². The Morgan fingerprint density at radius 1 is 1.20 bits per heavy atom. The number of thioether (sulfide) groups is 1. The number of halogens is 1. The summed E-state index contributed by atoms with van der Waals surface area (Å²) in [6.45, 7) is 2.84. The Labute approximate surface area is 123 Å². The Morgan fingerprint density at radius 3 is 2.60 bits per heavy atom. The van der Waals surface area contributed by atoms with Crippen molar-refractivity contribution in [2.45, 2.75) is 6.42 Å². The molecular weight excluding hydrogens is 275 g/mol. The van der Waals surface area contributed by atoms with Gasteiger partial charge >= 0.3 is 0 Å². The van der Waals surface area contributed by atoms with Gasteiger partial charge in [0.2, 0.25) is 5.91 Å². The van der Waals surface area contributed by atoms with Gasteiger partial charge in [-0.1, -0.05) is 12.1 Å². The van der Waals surface area contributed by atoms with Crippen molar-refractivity contribution in [3.05, 3.63) is 30.1 Å². The molecule has 20 heavy (non-hydrogen) atoms. The minimum atomic E-state index is -0.181. The molecule has 1 aromatic carbocycles. The molecule has 0 saturated carbocycles. The number of benzene rings is 1. The molecule has 0 bridgehead atoms. The molecule has 108 valence electrons. The number of para-hydroxylation sites is 1. The van der Waals surface area contributed by atoms with Crippen LogP contribution in [0.2, 0.25) is 0 Å². The van der Waals surface area contributed by atoms with E-state index in [1.54, 1.807) is 12.1 Å². The van der Waals surface area contributed by atoms with E-state index in [1.807, 2.05) is 27.6 Å². The summed E-state index contributed by atoms with van der Waals surface area (Å²) in [7, 11) is 0. The maximum atomic E-state index is 13.8. The van der Waals surface area contributed by atoms with Gasteiger partial charge in [-0.2, -0.15) is 11.8 Å². The van der Waals surface area contributed by atoms with Crippen LogP contribution in [0.15, 0.2) is 24.3 Å². The fraction of sp³-hybridized carbons (Fsp3) is 0.533. The number of carbonyl (C=O) groups is 1. The van der Waals surface area contributed by atoms with Crippen molar-refractivity contribution in [2.24, 2.45) is 5.92 Å². The van der Waals surface area contributed by atoms with Gasteiger partial charge in [-0.25, -0.2) is 4.39 Å². The maximum absolute atomic E-state index is 13.8. The van der Waals surface area contributed by atoms with Gasteiger partial charge in [0, 0.05) is 37.8 Å². The van der Waals surface area contributed by atoms with Crippen LogP contribution in [0.3, 0.4) is 0 Å². The number of piperazine rings is 1. The first-order valence-electron chi connectivity index (χ1n) is 7.12. The van der Waals surface area contributed by atoms with E-state index in [-0.39, 0.29) is 11.7 Å². The van der Waals surface area contributed by atoms with Gasteiger partial charge in [-0.05, 0) is 24.3 Å². The van der Waals surface area contributed by atoms with E-state index in [2.05, 4.69) is 0 Å². The topological polar surface area (TPSA) is 23.6 Å². The Hall–Kier alpha value is -1.23. The third-order valence-corrected chi connectivity index (χ3v) is 5.23. The van der Waals surface area contributed by atoms with Crippen LogP contribution >= 0.6 is 11.8 Å². The predicted molar refractivity (Wildman–Crippen MR) is 80.6 cm³/mol. The van der Waals surface area contributed by atoms with Crippen LogP contribution in [0.1, 0.15) is 6.42 Å². The molecule has 1 atom stereocenters. The summed E-state index contributed by atoms with van der Waals surface area (Å²) in [5.41, 5.74) is 0.649. The molecule has 1 aromatic rings. The van der Waals surface area contributed by atoms with Crippen molar-refractivity contribution in [3.8, 4) is 0 Å². The van der Waals surface area contributed by atoms with Gasteiger partial charge in [0.25, 0.3) is 0 Å². The van der Waals surface area contributed by atoms with Gasteiger partial charge in [0.05, 0.1) is 5.69 Å². The first kappa shape index (κ1) is 13.7. The van der Waals surface area contributed by atoms with E-state index in [0.29, 0.717) is 37.8 Å². The molecule has 0 N–H and O–H groups in total. The molecule has 0 aliphatic carbocycles. The summed E-state index contributed by atoms with van der Waals surface area (Å²) in [6, 6.07) is 6.85. The molecule has 1 unspecified atom stereocenters. The van der Waals surface area contributed by atoms with Crippen LogP contribution in [0.4, 0.5) is 10.1 Å². The summed E-state index contributed by atoms with van der Waals surface area (Å²) in [4.78, 5) is 16.3. The molecular formula is C15H19FN2OS. The van der Waals surface area contributed by atoms with Crippen LogP contribution in [0, 0.1) is 11.7 Å². The molecule has 2 heterocycles. The summed E-state index contributed by atoms with van der Waals surface area (Å²) >= 11 is 1.87. The third-order valence-electron chi connectivity index (χ3n) is 4.06. The zero-order valence-corrected chi connectivity index (χ0v) is 12.2. The van der Waals surface area contributed by atoms with Crippen LogP contribution < -0.4 is 4.90 Å². The van der Waals surface area contributed by atoms with Crippen LogP contribution in [-0.2, 0) is 4.79 Å². The van der Waals surface area contributed by atoms with Gasteiger partial charge in [-0.3, -0.25) is 4.79 Å². The van der Waals surface area contributed by atoms with Gasteiger partial charge in [0.1, 0.15) is 5.82 Å². The molecule has 3 rings (SSSR count). The van der Waals surface area contributed by atoms with Crippen molar-refractivity contribution in [2.75, 3.05) is 42.6 Å². The average molecular weight is 294 g/mol. The number of carbonyl (C=O) groups excluding carboxylic acids is 1. The van der Waals surface area contributed by atoms with Crippen molar-refractivity contribution in [1.29, 1.82) is 0 Å². The average Bonchev–Trinajstić information content (AvgIpc) is 3.01. The number of amides is 1. The molecule has 2 fully saturated rings. The first-order valence-corrected chi connectivity index (χ1v) is 8.27. The van der Waals surface area contributed by atoms with Crippen molar-refractivity contribution >= 4 is 23.4 Å². The van der Waals surface area contributed by atoms with Crippen LogP contribution in [0.5, 0.6) is 0 Å². The molecule has 2 saturated heterocycles. The monoisotopic (exact) mass is 294 g/mol. The molecule has 2 aliphatic rings. The Morgan fingerprint density at radius 2 is 1.95 bits per heavy atom. The van der Waals surface area contributed by atoms with Crippen LogP contribution in [0.25, 0.3) is 0 Å². The lowest BCUT2D eigenvalue weighted by molar-refractivity contribution is -0.135. The normalized spacial score (nSPS) is 23.1. The minimum absolute atomic E-state index is 0.181. The van der Waals surface area contributed by atoms with E-state index in [0.717, 1.165) is 17.9 Å². The lowest BCUT2D eigenvalue weighted by Crippen LogP contribution is -2.50. The molecule has 0 spiro atoms. The molecule has 0 radical (unpaired) electrons. The fourth-order valence-corrected chi connectivity index (χ4v) is 4.08. The summed E-state index contributed by atoms with van der Waals surface area (Å²) in [5, 5.41) is 0. The number of nitrogens with zero attached hydrogens (tertiary/aromatic N) is 2. The Balaban J connectivity index is 1.59. The van der Waals surface area contributed by atoms with Crippen molar-refractivity contribution < 1.29 is 9.18 Å². The van der Waals surface area contributed by atoms with E-state index in [4.69, 9.17) is 0 Å². The van der Waals surface area contributed by atoms with Gasteiger partial charge in [-0.15, -0.1) is 0 Å². The second-order valence-electron chi connectivity index (χ2n) is 5.32. The second kappa shape index (κ2) is 6.04. The third kappa shape index (κ3) is 2.77. The Bertz CT molecular complexity index is 483. The second-order valence-corrected chi connectivity index (χ2v) is 6.47. The number of hydrogen-bond donors (Lipinski definition) is 0. The molecule has 0 aromatic heterocycles. The minimum Gasteiger partial charge on any atom is -0.366 e. The largest absolute Gasteiger partial charge is 0.366 e. The highest BCUT2D eigenvalue weighted by Crippen LogP contribution is 2.26. The summed E-state index contributed by atoms with van der Waals surface area (Å²) in [5.74, 6) is 2.39. The van der Waals surface area contributed by atoms with E-state index in [9.17, 15) is 9.18 Å². The van der Waals surface area contributed by atoms with E-state index < -0.39 is 0 Å². The smallest absolute Gasteiger partial charge is 0.226 e. The first-order chi connectivity index (χ1) is 9.75. The van der Waals surface area contributed by atoms with E-state index in [1.165, 1.54) is 6.07 Å². The van der Waals surface area contributed by atoms with Gasteiger partial charge < -0.3 is 9.80 Å². The maximum Gasteiger partial charge on any atom is 0.226 e. The zero-order chi connectivity index (χ0) is 13.9. The SMILES string of the molecule is O=C(C1CCSC1)N1CCN(c2ccccc2F)CC1. The predicted octanol–water partition coefficient (Wildman–Crippen LogP) is 2.23. The van der Waals surface area contributed by atoms with Crippen molar-refractivity contribution in [1.82, 2.24) is 4.90 Å². The molecule has 3 nitrogen and oxygen atoms in total. The number of hydrogen-bond acceptors (Lipinski definition) is 3. The highest BCUT2D eigenvalue weighted by atomic mass is 32.2. The fourth-order valence-electron chi connectivity index (χ4n) is 2.86. The van der Waals surface area contributed by atoms with Crippen molar-refractivity contribution in [3.63, 3.8) is 0 Å². The molecule has 5 heteroatoms. The molecule has 1 amide bonds. The molecule has 2 aliphatic heterocycles. The number of rotatable bonds is 2. The Kier molecular flexibility index (Phi) is 4.15. The zero-order valence-electron chi connectivity index (χ0n) is 11.4. The highest BCUT2D eigenvalue weighted by Gasteiger charge is 2.30. The van der Waals surface area contributed by atoms with E-state index >= 15 is 0 Å². The number of anilines is 1. The quantitative estimate of drug-likeness (QED) is 0.835. The van der Waals surface area contributed by atoms with Crippen LogP contribution in [-0.4, -0.2) is 48.5 Å². The highest BCUT2D eigenvalue weighted by molar-refractivity contribution is 7.99. The lowest BCUT2D eigenvalue weighted by atomic mass is 10.1.